The Bertz CT molecular complexity index is 812. The van der Waals surface area contributed by atoms with Crippen molar-refractivity contribution in [2.24, 2.45) is 0 Å². The number of nitrogens with zero attached hydrogens (tertiary/aromatic N) is 2. The van der Waals surface area contributed by atoms with Gasteiger partial charge in [0.05, 0.1) is 17.6 Å². The van der Waals surface area contributed by atoms with E-state index in [2.05, 4.69) is 23.4 Å². The van der Waals surface area contributed by atoms with Crippen LogP contribution in [0.2, 0.25) is 0 Å². The predicted octanol–water partition coefficient (Wildman–Crippen LogP) is 4.53. The Morgan fingerprint density at radius 1 is 1.13 bits per heavy atom. The van der Waals surface area contributed by atoms with Crippen LogP contribution in [0.1, 0.15) is 11.3 Å². The van der Waals surface area contributed by atoms with E-state index in [1.165, 1.54) is 23.4 Å². The number of halogens is 2. The quantitative estimate of drug-likeness (QED) is 0.701. The zero-order chi connectivity index (χ0) is 15.7. The third-order valence-corrected chi connectivity index (χ3v) is 4.17. The summed E-state index contributed by atoms with van der Waals surface area (Å²) in [4.78, 5) is 4.54. The smallest absolute Gasteiger partial charge is 0.123 e. The fourth-order valence-electron chi connectivity index (χ4n) is 2.87. The Hall–Kier alpha value is -1.91. The fourth-order valence-corrected chi connectivity index (χ4v) is 2.87. The van der Waals surface area contributed by atoms with E-state index in [-0.39, 0.29) is 18.2 Å². The molecule has 3 rings (SSSR count). The Morgan fingerprint density at radius 3 is 2.48 bits per heavy atom. The summed E-state index contributed by atoms with van der Waals surface area (Å²) in [6.45, 7) is 5.60. The summed E-state index contributed by atoms with van der Waals surface area (Å²) in [6.07, 6.45) is 1.81. The molecule has 122 valence electrons. The minimum Gasteiger partial charge on any atom is -0.383 e. The second-order valence-electron chi connectivity index (χ2n) is 5.42. The first-order valence-corrected chi connectivity index (χ1v) is 7.32. The molecule has 2 aromatic heterocycles. The maximum absolute atomic E-state index is 13.2. The summed E-state index contributed by atoms with van der Waals surface area (Å²) < 4.78 is 20.7. The molecule has 0 aliphatic carbocycles. The molecule has 0 radical (unpaired) electrons. The van der Waals surface area contributed by atoms with Crippen LogP contribution in [0.3, 0.4) is 0 Å². The number of rotatable bonds is 4. The lowest BCUT2D eigenvalue weighted by Gasteiger charge is -2.11. The van der Waals surface area contributed by atoms with Crippen LogP contribution in [0.15, 0.2) is 36.5 Å². The molecule has 0 atom stereocenters. The third-order valence-electron chi connectivity index (χ3n) is 4.17. The van der Waals surface area contributed by atoms with Gasteiger partial charge in [0.1, 0.15) is 5.82 Å². The van der Waals surface area contributed by atoms with Gasteiger partial charge in [-0.3, -0.25) is 4.98 Å². The number of benzene rings is 1. The molecule has 0 N–H and O–H groups in total. The van der Waals surface area contributed by atoms with E-state index >= 15 is 0 Å². The van der Waals surface area contributed by atoms with Crippen molar-refractivity contribution in [2.45, 2.75) is 20.4 Å². The van der Waals surface area contributed by atoms with Crippen LogP contribution in [0.4, 0.5) is 4.39 Å². The van der Waals surface area contributed by atoms with Crippen LogP contribution in [0.25, 0.3) is 22.2 Å². The molecule has 23 heavy (non-hydrogen) atoms. The van der Waals surface area contributed by atoms with E-state index in [0.29, 0.717) is 6.61 Å². The van der Waals surface area contributed by atoms with Crippen molar-refractivity contribution in [3.8, 4) is 11.1 Å². The minimum absolute atomic E-state index is 0. The first-order chi connectivity index (χ1) is 10.6. The largest absolute Gasteiger partial charge is 0.383 e. The highest BCUT2D eigenvalue weighted by atomic mass is 35.5. The van der Waals surface area contributed by atoms with Crippen molar-refractivity contribution in [1.29, 1.82) is 0 Å². The number of methoxy groups -OCH3 is 1. The molecular formula is C18H20ClFN2O. The van der Waals surface area contributed by atoms with E-state index < -0.39 is 0 Å². The van der Waals surface area contributed by atoms with Crippen LogP contribution in [-0.4, -0.2) is 23.3 Å². The topological polar surface area (TPSA) is 27.1 Å². The van der Waals surface area contributed by atoms with Crippen LogP contribution >= 0.6 is 12.4 Å². The molecule has 0 amide bonds. The van der Waals surface area contributed by atoms with Gasteiger partial charge in [-0.25, -0.2) is 4.39 Å². The van der Waals surface area contributed by atoms with Crippen LogP contribution < -0.4 is 0 Å². The molecule has 0 unspecified atom stereocenters. The zero-order valence-electron chi connectivity index (χ0n) is 13.5. The van der Waals surface area contributed by atoms with Gasteiger partial charge in [-0.2, -0.15) is 0 Å². The predicted molar refractivity (Wildman–Crippen MR) is 93.7 cm³/mol. The van der Waals surface area contributed by atoms with Crippen LogP contribution in [-0.2, 0) is 11.3 Å². The summed E-state index contributed by atoms with van der Waals surface area (Å²) in [7, 11) is 1.70. The molecule has 0 aliphatic heterocycles. The van der Waals surface area contributed by atoms with Gasteiger partial charge in [0, 0.05) is 31.1 Å². The number of hydrogen-bond acceptors (Lipinski definition) is 2. The summed E-state index contributed by atoms with van der Waals surface area (Å²) in [6, 6.07) is 8.58. The number of aryl methyl sites for hydroxylation is 1. The lowest BCUT2D eigenvalue weighted by Crippen LogP contribution is -2.06. The summed E-state index contributed by atoms with van der Waals surface area (Å²) in [5.74, 6) is -0.226. The molecule has 5 heteroatoms. The highest BCUT2D eigenvalue weighted by Gasteiger charge is 2.16. The van der Waals surface area contributed by atoms with Crippen molar-refractivity contribution in [3.05, 3.63) is 53.6 Å². The average Bonchev–Trinajstić information content (AvgIpc) is 2.78. The zero-order valence-corrected chi connectivity index (χ0v) is 14.3. The Kier molecular flexibility index (Phi) is 5.39. The second kappa shape index (κ2) is 7.11. The fraction of sp³-hybridized carbons (Fsp3) is 0.278. The van der Waals surface area contributed by atoms with Gasteiger partial charge < -0.3 is 9.30 Å². The monoisotopic (exact) mass is 334 g/mol. The average molecular weight is 335 g/mol. The highest BCUT2D eigenvalue weighted by Crippen LogP contribution is 2.32. The second-order valence-corrected chi connectivity index (χ2v) is 5.42. The van der Waals surface area contributed by atoms with Gasteiger partial charge in [-0.1, -0.05) is 12.1 Å². The standard InChI is InChI=1S/C18H19FN2O.ClH/c1-12-13(2)21(10-11-22-3)18-16(8-9-20-17(12)18)14-4-6-15(19)7-5-14;/h4-9H,10-11H2,1-3H3;1H. The summed E-state index contributed by atoms with van der Waals surface area (Å²) in [5, 5.41) is 0. The maximum atomic E-state index is 13.2. The normalized spacial score (nSPS) is 10.8. The minimum atomic E-state index is -0.226. The molecule has 0 saturated carbocycles. The molecule has 0 aliphatic rings. The van der Waals surface area contributed by atoms with Crippen LogP contribution in [0, 0.1) is 19.7 Å². The van der Waals surface area contributed by atoms with Gasteiger partial charge >= 0.3 is 0 Å². The van der Waals surface area contributed by atoms with Crippen molar-refractivity contribution in [3.63, 3.8) is 0 Å². The number of aromatic nitrogens is 2. The Balaban J connectivity index is 0.00000192. The van der Waals surface area contributed by atoms with Crippen molar-refractivity contribution >= 4 is 23.4 Å². The molecule has 0 bridgehead atoms. The third kappa shape index (κ3) is 3.09. The molecule has 1 aromatic carbocycles. The van der Waals surface area contributed by atoms with Gasteiger partial charge in [-0.15, -0.1) is 12.4 Å². The number of hydrogen-bond donors (Lipinski definition) is 0. The lowest BCUT2D eigenvalue weighted by atomic mass is 10.0. The lowest BCUT2D eigenvalue weighted by molar-refractivity contribution is 0.188. The number of fused-ring (bicyclic) bond motifs is 1. The molecule has 2 heterocycles. The molecule has 0 spiro atoms. The van der Waals surface area contributed by atoms with Crippen molar-refractivity contribution < 1.29 is 9.13 Å². The van der Waals surface area contributed by atoms with Gasteiger partial charge in [0.25, 0.3) is 0 Å². The number of pyridine rings is 1. The van der Waals surface area contributed by atoms with E-state index in [0.717, 1.165) is 28.7 Å². The molecule has 0 saturated heterocycles. The SMILES string of the molecule is COCCn1c(C)c(C)c2nccc(-c3ccc(F)cc3)c21.Cl. The summed E-state index contributed by atoms with van der Waals surface area (Å²) >= 11 is 0. The van der Waals surface area contributed by atoms with Crippen molar-refractivity contribution in [1.82, 2.24) is 9.55 Å². The van der Waals surface area contributed by atoms with Gasteiger partial charge in [-0.05, 0) is 43.2 Å². The van der Waals surface area contributed by atoms with E-state index in [1.54, 1.807) is 7.11 Å². The van der Waals surface area contributed by atoms with Crippen molar-refractivity contribution in [2.75, 3.05) is 13.7 Å². The van der Waals surface area contributed by atoms with E-state index in [1.807, 2.05) is 24.4 Å². The first-order valence-electron chi connectivity index (χ1n) is 7.32. The maximum Gasteiger partial charge on any atom is 0.123 e. The summed E-state index contributed by atoms with van der Waals surface area (Å²) in [5.41, 5.74) is 6.50. The highest BCUT2D eigenvalue weighted by molar-refractivity contribution is 5.94. The van der Waals surface area contributed by atoms with Crippen LogP contribution in [0.5, 0.6) is 0 Å². The molecule has 0 fully saturated rings. The van der Waals surface area contributed by atoms with Gasteiger partial charge in [0.2, 0.25) is 0 Å². The van der Waals surface area contributed by atoms with E-state index in [9.17, 15) is 4.39 Å². The van der Waals surface area contributed by atoms with Gasteiger partial charge in [0.15, 0.2) is 0 Å². The Labute approximate surface area is 141 Å². The first kappa shape index (κ1) is 17.4. The number of ether oxygens (including phenoxy) is 1. The molecule has 3 aromatic rings. The molecular weight excluding hydrogens is 315 g/mol. The Morgan fingerprint density at radius 2 is 1.83 bits per heavy atom. The molecule has 3 nitrogen and oxygen atoms in total. The van der Waals surface area contributed by atoms with E-state index in [4.69, 9.17) is 4.74 Å².